The van der Waals surface area contributed by atoms with Crippen LogP contribution in [0.1, 0.15) is 5.69 Å². The minimum Gasteiger partial charge on any atom is -0.332 e. The van der Waals surface area contributed by atoms with Crippen LogP contribution in [-0.2, 0) is 0 Å². The second-order valence-corrected chi connectivity index (χ2v) is 6.46. The normalized spacial score (nSPS) is 10.7. The average molecular weight is 408 g/mol. The molecule has 9 nitrogen and oxygen atoms in total. The monoisotopic (exact) mass is 407 g/mol. The molecule has 0 unspecified atom stereocenters. The molecule has 0 atom stereocenters. The third kappa shape index (κ3) is 3.76. The Morgan fingerprint density at radius 1 is 0.966 bits per heavy atom. The molecule has 0 amide bonds. The van der Waals surface area contributed by atoms with E-state index in [0.29, 0.717) is 16.9 Å². The summed E-state index contributed by atoms with van der Waals surface area (Å²) in [5.41, 5.74) is 2.18. The molecular weight excluding hydrogens is 394 g/mol. The topological polar surface area (TPSA) is 119 Å². The van der Waals surface area contributed by atoms with E-state index in [4.69, 9.17) is 11.6 Å². The van der Waals surface area contributed by atoms with Crippen LogP contribution in [0.2, 0.25) is 5.15 Å². The van der Waals surface area contributed by atoms with E-state index in [1.165, 1.54) is 12.5 Å². The first kappa shape index (κ1) is 18.5. The highest BCUT2D eigenvalue weighted by molar-refractivity contribution is 6.32. The molecule has 3 aromatic heterocycles. The molecule has 0 aliphatic rings. The molecule has 29 heavy (non-hydrogen) atoms. The SMILES string of the molecule is Cc1ccc2cccc(Nc3ncnc(Nc4cccnc4Cl)c3[N+](=O)[O-])c2n1. The van der Waals surface area contributed by atoms with Gasteiger partial charge in [0.1, 0.15) is 6.33 Å². The molecule has 0 spiro atoms. The number of aryl methyl sites for hydroxylation is 1. The quantitative estimate of drug-likeness (QED) is 0.275. The van der Waals surface area contributed by atoms with Gasteiger partial charge in [0.05, 0.1) is 21.8 Å². The lowest BCUT2D eigenvalue weighted by Gasteiger charge is -2.12. The van der Waals surface area contributed by atoms with Crippen LogP contribution in [-0.4, -0.2) is 24.9 Å². The second kappa shape index (κ2) is 7.64. The largest absolute Gasteiger partial charge is 0.353 e. The highest BCUT2D eigenvalue weighted by Crippen LogP contribution is 2.35. The molecule has 0 fully saturated rings. The van der Waals surface area contributed by atoms with Crippen molar-refractivity contribution in [3.8, 4) is 0 Å². The van der Waals surface area contributed by atoms with Gasteiger partial charge in [-0.2, -0.15) is 0 Å². The Hall–Kier alpha value is -3.85. The van der Waals surface area contributed by atoms with Crippen molar-refractivity contribution < 1.29 is 4.92 Å². The Bertz CT molecular complexity index is 1230. The maximum atomic E-state index is 11.8. The van der Waals surface area contributed by atoms with Crippen molar-refractivity contribution >= 4 is 51.2 Å². The molecule has 1 aromatic carbocycles. The molecule has 4 rings (SSSR count). The molecule has 0 aliphatic carbocycles. The predicted molar refractivity (Wildman–Crippen MR) is 111 cm³/mol. The van der Waals surface area contributed by atoms with Gasteiger partial charge in [0.15, 0.2) is 5.15 Å². The minimum absolute atomic E-state index is 0.00761. The third-order valence-corrected chi connectivity index (χ3v) is 4.43. The molecule has 0 saturated heterocycles. The van der Waals surface area contributed by atoms with Gasteiger partial charge in [-0.15, -0.1) is 0 Å². The third-order valence-electron chi connectivity index (χ3n) is 4.13. The maximum Gasteiger partial charge on any atom is 0.353 e. The molecule has 0 aliphatic heterocycles. The van der Waals surface area contributed by atoms with Crippen molar-refractivity contribution in [1.82, 2.24) is 19.9 Å². The van der Waals surface area contributed by atoms with Crippen molar-refractivity contribution in [1.29, 1.82) is 0 Å². The summed E-state index contributed by atoms with van der Waals surface area (Å²) >= 11 is 6.05. The van der Waals surface area contributed by atoms with E-state index < -0.39 is 4.92 Å². The first-order valence-corrected chi connectivity index (χ1v) is 8.91. The number of fused-ring (bicyclic) bond motifs is 1. The van der Waals surface area contributed by atoms with Crippen LogP contribution in [0.5, 0.6) is 0 Å². The molecule has 0 radical (unpaired) electrons. The molecule has 144 valence electrons. The summed E-state index contributed by atoms with van der Waals surface area (Å²) in [6, 6.07) is 12.7. The van der Waals surface area contributed by atoms with Gasteiger partial charge in [-0.3, -0.25) is 15.1 Å². The van der Waals surface area contributed by atoms with Crippen LogP contribution in [0.3, 0.4) is 0 Å². The molecule has 0 saturated carbocycles. The van der Waals surface area contributed by atoms with Crippen molar-refractivity contribution in [2.45, 2.75) is 6.92 Å². The smallest absolute Gasteiger partial charge is 0.332 e. The Kier molecular flexibility index (Phi) is 4.88. The van der Waals surface area contributed by atoms with Crippen LogP contribution in [0.25, 0.3) is 10.9 Å². The van der Waals surface area contributed by atoms with E-state index in [1.807, 2.05) is 31.2 Å². The Morgan fingerprint density at radius 2 is 1.69 bits per heavy atom. The summed E-state index contributed by atoms with van der Waals surface area (Å²) in [7, 11) is 0. The molecule has 2 N–H and O–H groups in total. The number of nitrogens with zero attached hydrogens (tertiary/aromatic N) is 5. The molecular formula is C19H14ClN7O2. The Labute approximate surface area is 170 Å². The van der Waals surface area contributed by atoms with Crippen LogP contribution in [0, 0.1) is 17.0 Å². The fourth-order valence-electron chi connectivity index (χ4n) is 2.81. The van der Waals surface area contributed by atoms with Crippen molar-refractivity contribution in [3.63, 3.8) is 0 Å². The van der Waals surface area contributed by atoms with Gasteiger partial charge in [0.25, 0.3) is 0 Å². The van der Waals surface area contributed by atoms with Gasteiger partial charge in [0.2, 0.25) is 11.6 Å². The van der Waals surface area contributed by atoms with E-state index in [1.54, 1.807) is 18.2 Å². The summed E-state index contributed by atoms with van der Waals surface area (Å²) in [6.45, 7) is 1.88. The fraction of sp³-hybridized carbons (Fsp3) is 0.0526. The lowest BCUT2D eigenvalue weighted by molar-refractivity contribution is -0.383. The van der Waals surface area contributed by atoms with Gasteiger partial charge in [-0.05, 0) is 31.2 Å². The number of nitrogens with one attached hydrogen (secondary N) is 2. The number of benzene rings is 1. The number of aromatic nitrogens is 4. The second-order valence-electron chi connectivity index (χ2n) is 6.10. The summed E-state index contributed by atoms with van der Waals surface area (Å²) in [5.74, 6) is 0.0232. The number of hydrogen-bond acceptors (Lipinski definition) is 8. The van der Waals surface area contributed by atoms with E-state index in [2.05, 4.69) is 30.6 Å². The fourth-order valence-corrected chi connectivity index (χ4v) is 2.98. The minimum atomic E-state index is -0.557. The number of hydrogen-bond donors (Lipinski definition) is 2. The highest BCUT2D eigenvalue weighted by atomic mass is 35.5. The number of para-hydroxylation sites is 1. The summed E-state index contributed by atoms with van der Waals surface area (Å²) in [5, 5.41) is 18.8. The van der Waals surface area contributed by atoms with Gasteiger partial charge >= 0.3 is 5.69 Å². The first-order valence-electron chi connectivity index (χ1n) is 8.53. The maximum absolute atomic E-state index is 11.8. The molecule has 10 heteroatoms. The van der Waals surface area contributed by atoms with Gasteiger partial charge in [-0.25, -0.2) is 15.0 Å². The van der Waals surface area contributed by atoms with Gasteiger partial charge in [0, 0.05) is 17.3 Å². The first-order chi connectivity index (χ1) is 14.0. The zero-order chi connectivity index (χ0) is 20.4. The van der Waals surface area contributed by atoms with E-state index in [-0.39, 0.29) is 22.5 Å². The lowest BCUT2D eigenvalue weighted by Crippen LogP contribution is -2.06. The van der Waals surface area contributed by atoms with Gasteiger partial charge in [-0.1, -0.05) is 29.8 Å². The van der Waals surface area contributed by atoms with Gasteiger partial charge < -0.3 is 10.6 Å². The zero-order valence-electron chi connectivity index (χ0n) is 15.1. The molecule has 4 aromatic rings. The summed E-state index contributed by atoms with van der Waals surface area (Å²) in [6.07, 6.45) is 2.75. The van der Waals surface area contributed by atoms with Crippen molar-refractivity contribution in [2.75, 3.05) is 10.6 Å². The molecule has 3 heterocycles. The lowest BCUT2D eigenvalue weighted by atomic mass is 10.1. The standard InChI is InChI=1S/C19H14ClN7O2/c1-11-7-8-12-4-2-5-13(15(12)24-11)25-18-16(27(28)29)19(23-10-22-18)26-14-6-3-9-21-17(14)20/h2-10H,1H3,(H2,22,23,25,26). The Morgan fingerprint density at radius 3 is 2.41 bits per heavy atom. The number of anilines is 4. The highest BCUT2D eigenvalue weighted by Gasteiger charge is 2.24. The number of rotatable bonds is 5. The number of halogens is 1. The molecule has 0 bridgehead atoms. The Balaban J connectivity index is 1.78. The zero-order valence-corrected chi connectivity index (χ0v) is 15.9. The van der Waals surface area contributed by atoms with E-state index >= 15 is 0 Å². The predicted octanol–water partition coefficient (Wildman–Crippen LogP) is 4.78. The van der Waals surface area contributed by atoms with Crippen LogP contribution in [0.4, 0.5) is 28.7 Å². The summed E-state index contributed by atoms with van der Waals surface area (Å²) < 4.78 is 0. The van der Waals surface area contributed by atoms with Crippen LogP contribution >= 0.6 is 11.6 Å². The van der Waals surface area contributed by atoms with Crippen LogP contribution < -0.4 is 10.6 Å². The van der Waals surface area contributed by atoms with Crippen molar-refractivity contribution in [3.05, 3.63) is 76.0 Å². The van der Waals surface area contributed by atoms with Crippen LogP contribution in [0.15, 0.2) is 55.0 Å². The van der Waals surface area contributed by atoms with Crippen molar-refractivity contribution in [2.24, 2.45) is 0 Å². The summed E-state index contributed by atoms with van der Waals surface area (Å²) in [4.78, 5) is 27.8. The number of pyridine rings is 2. The number of nitro groups is 1. The van der Waals surface area contributed by atoms with E-state index in [9.17, 15) is 10.1 Å². The average Bonchev–Trinajstić information content (AvgIpc) is 2.70. The van der Waals surface area contributed by atoms with E-state index in [0.717, 1.165) is 11.1 Å².